The van der Waals surface area contributed by atoms with E-state index >= 15 is 0 Å². The maximum atomic E-state index is 10.9. The van der Waals surface area contributed by atoms with Crippen LogP contribution < -0.4 is 10.6 Å². The Balaban J connectivity index is 1.96. The van der Waals surface area contributed by atoms with Crippen LogP contribution in [0.2, 0.25) is 0 Å². The van der Waals surface area contributed by atoms with Crippen molar-refractivity contribution in [1.82, 2.24) is 0 Å². The number of aryl methyl sites for hydroxylation is 3. The Morgan fingerprint density at radius 1 is 0.909 bits per heavy atom. The van der Waals surface area contributed by atoms with Gasteiger partial charge in [-0.1, -0.05) is 18.2 Å². The van der Waals surface area contributed by atoms with Gasteiger partial charge < -0.3 is 10.6 Å². The van der Waals surface area contributed by atoms with E-state index in [-0.39, 0.29) is 0 Å². The summed E-state index contributed by atoms with van der Waals surface area (Å²) in [6, 6.07) is 12.6. The molecule has 2 rings (SSSR count). The zero-order chi connectivity index (χ0) is 15.9. The molecule has 0 aromatic heterocycles. The molecular formula is C19H24N2O. The second-order valence-corrected chi connectivity index (χ2v) is 5.54. The first-order valence-electron chi connectivity index (χ1n) is 7.71. The fraction of sp³-hybridized carbons (Fsp3) is 0.316. The minimum absolute atomic E-state index is 0.713. The van der Waals surface area contributed by atoms with Crippen LogP contribution in [-0.4, -0.2) is 20.4 Å². The Morgan fingerprint density at radius 3 is 2.14 bits per heavy atom. The predicted molar refractivity (Wildman–Crippen MR) is 94.1 cm³/mol. The van der Waals surface area contributed by atoms with Gasteiger partial charge in [-0.3, -0.25) is 4.79 Å². The molecule has 0 aliphatic heterocycles. The van der Waals surface area contributed by atoms with Gasteiger partial charge in [-0.05, 0) is 61.1 Å². The van der Waals surface area contributed by atoms with Crippen LogP contribution in [0.1, 0.15) is 33.5 Å². The zero-order valence-electron chi connectivity index (χ0n) is 13.6. The summed E-state index contributed by atoms with van der Waals surface area (Å²) in [5.41, 5.74) is 6.72. The lowest BCUT2D eigenvalue weighted by molar-refractivity contribution is 0.112. The van der Waals surface area contributed by atoms with E-state index in [1.54, 1.807) is 0 Å². The van der Waals surface area contributed by atoms with Gasteiger partial charge in [-0.25, -0.2) is 0 Å². The number of benzene rings is 2. The van der Waals surface area contributed by atoms with Crippen molar-refractivity contribution in [3.8, 4) is 0 Å². The van der Waals surface area contributed by atoms with Crippen molar-refractivity contribution in [2.24, 2.45) is 0 Å². The average molecular weight is 296 g/mol. The minimum atomic E-state index is 0.713. The Labute approximate surface area is 132 Å². The van der Waals surface area contributed by atoms with Crippen molar-refractivity contribution >= 4 is 17.7 Å². The van der Waals surface area contributed by atoms with E-state index in [4.69, 9.17) is 0 Å². The third-order valence-corrected chi connectivity index (χ3v) is 4.01. The van der Waals surface area contributed by atoms with Crippen LogP contribution in [0, 0.1) is 6.92 Å². The van der Waals surface area contributed by atoms with Crippen LogP contribution >= 0.6 is 0 Å². The molecule has 2 aromatic carbocycles. The van der Waals surface area contributed by atoms with E-state index in [0.717, 1.165) is 31.2 Å². The fourth-order valence-corrected chi connectivity index (χ4v) is 2.74. The summed E-state index contributed by atoms with van der Waals surface area (Å²) in [5, 5.41) is 6.27. The van der Waals surface area contributed by atoms with Gasteiger partial charge in [0.05, 0.1) is 0 Å². The van der Waals surface area contributed by atoms with Crippen LogP contribution in [0.25, 0.3) is 0 Å². The van der Waals surface area contributed by atoms with E-state index in [0.29, 0.717) is 5.56 Å². The van der Waals surface area contributed by atoms with Gasteiger partial charge >= 0.3 is 0 Å². The molecule has 3 heteroatoms. The van der Waals surface area contributed by atoms with Crippen molar-refractivity contribution in [1.29, 1.82) is 0 Å². The number of carbonyl (C=O) groups is 1. The lowest BCUT2D eigenvalue weighted by Crippen LogP contribution is -1.98. The van der Waals surface area contributed by atoms with Crippen molar-refractivity contribution in [2.75, 3.05) is 24.7 Å². The van der Waals surface area contributed by atoms with Crippen molar-refractivity contribution in [2.45, 2.75) is 26.2 Å². The topological polar surface area (TPSA) is 41.1 Å². The van der Waals surface area contributed by atoms with Gasteiger partial charge in [0.15, 0.2) is 6.29 Å². The lowest BCUT2D eigenvalue weighted by atomic mass is 10.0. The van der Waals surface area contributed by atoms with Gasteiger partial charge in [-0.15, -0.1) is 0 Å². The number of rotatable bonds is 7. The summed E-state index contributed by atoms with van der Waals surface area (Å²) in [6.07, 6.45) is 4.07. The molecule has 3 nitrogen and oxygen atoms in total. The molecule has 0 bridgehead atoms. The van der Waals surface area contributed by atoms with Gasteiger partial charge in [0.1, 0.15) is 0 Å². The highest BCUT2D eigenvalue weighted by Gasteiger charge is 2.03. The van der Waals surface area contributed by atoms with E-state index < -0.39 is 0 Å². The Kier molecular flexibility index (Phi) is 5.59. The molecule has 0 unspecified atom stereocenters. The largest absolute Gasteiger partial charge is 0.388 e. The first kappa shape index (κ1) is 16.1. The predicted octanol–water partition coefficient (Wildman–Crippen LogP) is 4.07. The van der Waals surface area contributed by atoms with E-state index in [1.165, 1.54) is 22.4 Å². The first-order chi connectivity index (χ1) is 10.7. The summed E-state index contributed by atoms with van der Waals surface area (Å²) >= 11 is 0. The number of nitrogens with one attached hydrogen (secondary N) is 2. The third-order valence-electron chi connectivity index (χ3n) is 4.01. The fourth-order valence-electron chi connectivity index (χ4n) is 2.74. The monoisotopic (exact) mass is 296 g/mol. The molecule has 0 amide bonds. The maximum absolute atomic E-state index is 10.9. The van der Waals surface area contributed by atoms with Crippen LogP contribution in [0.15, 0.2) is 36.4 Å². The SMILES string of the molecule is CNc1ccc(CCCc2ccc(C=O)c(NC)c2)cc1C. The summed E-state index contributed by atoms with van der Waals surface area (Å²) < 4.78 is 0. The van der Waals surface area contributed by atoms with Gasteiger partial charge in [0.25, 0.3) is 0 Å². The van der Waals surface area contributed by atoms with Gasteiger partial charge in [-0.2, -0.15) is 0 Å². The van der Waals surface area contributed by atoms with Crippen molar-refractivity contribution in [3.63, 3.8) is 0 Å². The molecule has 0 radical (unpaired) electrons. The lowest BCUT2D eigenvalue weighted by Gasteiger charge is -2.09. The summed E-state index contributed by atoms with van der Waals surface area (Å²) in [5.74, 6) is 0. The van der Waals surface area contributed by atoms with E-state index in [2.05, 4.69) is 41.8 Å². The normalized spacial score (nSPS) is 10.3. The van der Waals surface area contributed by atoms with Crippen molar-refractivity contribution < 1.29 is 4.79 Å². The number of hydrogen-bond donors (Lipinski definition) is 2. The number of aldehydes is 1. The summed E-state index contributed by atoms with van der Waals surface area (Å²) in [7, 11) is 3.79. The van der Waals surface area contributed by atoms with Crippen molar-refractivity contribution in [3.05, 3.63) is 58.7 Å². The molecule has 0 saturated heterocycles. The molecule has 0 aliphatic carbocycles. The smallest absolute Gasteiger partial charge is 0.152 e. The highest BCUT2D eigenvalue weighted by atomic mass is 16.1. The summed E-state index contributed by atoms with van der Waals surface area (Å²) in [4.78, 5) is 10.9. The molecule has 0 spiro atoms. The summed E-state index contributed by atoms with van der Waals surface area (Å²) in [6.45, 7) is 2.13. The van der Waals surface area contributed by atoms with Crippen LogP contribution in [0.5, 0.6) is 0 Å². The van der Waals surface area contributed by atoms with Gasteiger partial charge in [0, 0.05) is 31.0 Å². The minimum Gasteiger partial charge on any atom is -0.388 e. The molecule has 116 valence electrons. The Hall–Kier alpha value is -2.29. The van der Waals surface area contributed by atoms with Gasteiger partial charge in [0.2, 0.25) is 0 Å². The molecule has 2 N–H and O–H groups in total. The number of hydrogen-bond acceptors (Lipinski definition) is 3. The number of anilines is 2. The highest BCUT2D eigenvalue weighted by Crippen LogP contribution is 2.19. The molecule has 0 heterocycles. The molecular weight excluding hydrogens is 272 g/mol. The van der Waals surface area contributed by atoms with Crippen LogP contribution in [-0.2, 0) is 12.8 Å². The third kappa shape index (κ3) is 3.88. The van der Waals surface area contributed by atoms with E-state index in [1.807, 2.05) is 26.2 Å². The molecule has 22 heavy (non-hydrogen) atoms. The number of carbonyl (C=O) groups excluding carboxylic acids is 1. The average Bonchev–Trinajstić information content (AvgIpc) is 2.55. The Morgan fingerprint density at radius 2 is 1.55 bits per heavy atom. The van der Waals surface area contributed by atoms with Crippen LogP contribution in [0.3, 0.4) is 0 Å². The van der Waals surface area contributed by atoms with E-state index in [9.17, 15) is 4.79 Å². The Bertz CT molecular complexity index is 650. The standard InChI is InChI=1S/C19H24N2O/c1-14-11-15(8-10-18(14)20-2)5-4-6-16-7-9-17(13-22)19(12-16)21-3/h7-13,20-21H,4-6H2,1-3H3. The second-order valence-electron chi connectivity index (χ2n) is 5.54. The molecule has 0 aliphatic rings. The maximum Gasteiger partial charge on any atom is 0.152 e. The molecule has 0 saturated carbocycles. The molecule has 0 atom stereocenters. The van der Waals surface area contributed by atoms with Crippen LogP contribution in [0.4, 0.5) is 11.4 Å². The second kappa shape index (κ2) is 7.64. The highest BCUT2D eigenvalue weighted by molar-refractivity contribution is 5.84. The molecule has 0 fully saturated rings. The molecule has 2 aromatic rings. The zero-order valence-corrected chi connectivity index (χ0v) is 13.6. The first-order valence-corrected chi connectivity index (χ1v) is 7.71. The quantitative estimate of drug-likeness (QED) is 0.757.